The topological polar surface area (TPSA) is 81.1 Å². The number of nitrogens with zero attached hydrogens (tertiary/aromatic N) is 4. The number of carbonyl (C=O) groups is 2. The Labute approximate surface area is 111 Å². The molecule has 4 amide bonds. The van der Waals surface area contributed by atoms with Gasteiger partial charge in [-0.05, 0) is 12.1 Å². The molecule has 1 N–H and O–H groups in total. The smallest absolute Gasteiger partial charge is 0.343 e. The molecule has 0 unspecified atom stereocenters. The summed E-state index contributed by atoms with van der Waals surface area (Å²) >= 11 is 0. The van der Waals surface area contributed by atoms with Gasteiger partial charge in [0.25, 0.3) is 0 Å². The van der Waals surface area contributed by atoms with Gasteiger partial charge in [-0.25, -0.2) is 9.59 Å². The molecule has 7 nitrogen and oxygen atoms in total. The highest BCUT2D eigenvalue weighted by Crippen LogP contribution is 1.98. The van der Waals surface area contributed by atoms with E-state index in [0.29, 0.717) is 11.4 Å². The van der Waals surface area contributed by atoms with Crippen LogP contribution in [0.2, 0.25) is 0 Å². The van der Waals surface area contributed by atoms with Gasteiger partial charge in [0.2, 0.25) is 0 Å². The first-order valence-electron chi connectivity index (χ1n) is 5.60. The molecule has 0 saturated heterocycles. The zero-order valence-electron chi connectivity index (χ0n) is 11.4. The molecule has 0 radical (unpaired) electrons. The number of aromatic amines is 1. The van der Waals surface area contributed by atoms with E-state index in [1.54, 1.807) is 40.3 Å². The summed E-state index contributed by atoms with van der Waals surface area (Å²) in [6, 6.07) is 2.81. The molecule has 1 aromatic heterocycles. The Morgan fingerprint density at radius 1 is 0.947 bits per heavy atom. The molecule has 0 aromatic carbocycles. The fourth-order valence-corrected chi connectivity index (χ4v) is 1.06. The quantitative estimate of drug-likeness (QED) is 0.814. The zero-order chi connectivity index (χ0) is 14.4. The number of hydrogen-bond donors (Lipinski definition) is 1. The third-order valence-corrected chi connectivity index (χ3v) is 2.12. The lowest BCUT2D eigenvalue weighted by Gasteiger charge is -2.03. The summed E-state index contributed by atoms with van der Waals surface area (Å²) in [4.78, 5) is 35.7. The molecule has 0 aliphatic carbocycles. The highest BCUT2D eigenvalue weighted by molar-refractivity contribution is 5.93. The van der Waals surface area contributed by atoms with Crippen LogP contribution in [-0.4, -0.2) is 67.5 Å². The first-order valence-corrected chi connectivity index (χ1v) is 5.60. The van der Waals surface area contributed by atoms with Crippen molar-refractivity contribution < 1.29 is 9.59 Å². The maximum absolute atomic E-state index is 11.3. The van der Waals surface area contributed by atoms with E-state index < -0.39 is 0 Å². The predicted octanol–water partition coefficient (Wildman–Crippen LogP) is 1.22. The van der Waals surface area contributed by atoms with E-state index in [2.05, 4.69) is 15.0 Å². The Hall–Kier alpha value is -2.44. The van der Waals surface area contributed by atoms with Crippen molar-refractivity contribution in [1.29, 1.82) is 0 Å². The van der Waals surface area contributed by atoms with Gasteiger partial charge in [0.15, 0.2) is 0 Å². The summed E-state index contributed by atoms with van der Waals surface area (Å²) in [5.41, 5.74) is 1.32. The Bertz CT molecular complexity index is 469. The lowest BCUT2D eigenvalue weighted by molar-refractivity contribution is 0.226. The van der Waals surface area contributed by atoms with Crippen LogP contribution in [0.3, 0.4) is 0 Å². The summed E-state index contributed by atoms with van der Waals surface area (Å²) in [5, 5.41) is 0. The second kappa shape index (κ2) is 6.48. The Balaban J connectivity index is 2.68. The highest BCUT2D eigenvalue weighted by atomic mass is 16.2. The van der Waals surface area contributed by atoms with E-state index >= 15 is 0 Å². The number of urea groups is 2. The molecule has 19 heavy (non-hydrogen) atoms. The summed E-state index contributed by atoms with van der Waals surface area (Å²) in [6.07, 6.45) is 2.85. The first kappa shape index (κ1) is 14.6. The average molecular weight is 263 g/mol. The summed E-state index contributed by atoms with van der Waals surface area (Å²) in [5.74, 6) is 0. The van der Waals surface area contributed by atoms with E-state index in [0.717, 1.165) is 0 Å². The maximum Gasteiger partial charge on any atom is 0.343 e. The molecule has 1 aromatic rings. The lowest BCUT2D eigenvalue weighted by Crippen LogP contribution is -2.17. The Kier molecular flexibility index (Phi) is 4.99. The number of H-pyrrole nitrogens is 1. The number of nitrogens with one attached hydrogen (secondary N) is 1. The van der Waals surface area contributed by atoms with E-state index in [1.807, 2.05) is 0 Å². The predicted molar refractivity (Wildman–Crippen MR) is 74.1 cm³/mol. The molecule has 1 rings (SSSR count). The molecule has 0 bridgehead atoms. The van der Waals surface area contributed by atoms with E-state index in [4.69, 9.17) is 0 Å². The van der Waals surface area contributed by atoms with Crippen molar-refractivity contribution in [2.45, 2.75) is 0 Å². The minimum Gasteiger partial charge on any atom is -0.353 e. The molecule has 0 fully saturated rings. The minimum atomic E-state index is -0.340. The van der Waals surface area contributed by atoms with Gasteiger partial charge in [0, 0.05) is 28.2 Å². The third-order valence-electron chi connectivity index (χ3n) is 2.12. The van der Waals surface area contributed by atoms with E-state index in [1.165, 1.54) is 22.2 Å². The van der Waals surface area contributed by atoms with Crippen LogP contribution in [0.1, 0.15) is 11.4 Å². The van der Waals surface area contributed by atoms with E-state index in [-0.39, 0.29) is 12.1 Å². The van der Waals surface area contributed by atoms with Crippen LogP contribution in [0.5, 0.6) is 0 Å². The van der Waals surface area contributed by atoms with Gasteiger partial charge in [0.1, 0.15) is 0 Å². The van der Waals surface area contributed by atoms with Gasteiger partial charge in [0.05, 0.1) is 23.8 Å². The maximum atomic E-state index is 11.3. The molecule has 0 aliphatic heterocycles. The van der Waals surface area contributed by atoms with E-state index in [9.17, 15) is 9.59 Å². The average Bonchev–Trinajstić information content (AvgIpc) is 2.80. The third kappa shape index (κ3) is 4.74. The number of carbonyl (C=O) groups excluding carboxylic acids is 2. The first-order chi connectivity index (χ1) is 8.90. The van der Waals surface area contributed by atoms with Crippen molar-refractivity contribution in [3.63, 3.8) is 0 Å². The molecular weight excluding hydrogens is 246 g/mol. The molecule has 1 heterocycles. The SMILES string of the molecule is CN(C)C(=O)/N=C/c1ccc(/C=N/C(=O)N(C)C)[nH]1. The van der Waals surface area contributed by atoms with Crippen LogP contribution in [0, 0.1) is 0 Å². The Morgan fingerprint density at radius 3 is 1.63 bits per heavy atom. The summed E-state index contributed by atoms with van der Waals surface area (Å²) in [7, 11) is 6.50. The normalized spacial score (nSPS) is 11.2. The fourth-order valence-electron chi connectivity index (χ4n) is 1.06. The molecule has 102 valence electrons. The lowest BCUT2D eigenvalue weighted by atomic mass is 10.4. The van der Waals surface area contributed by atoms with Crippen LogP contribution in [0.15, 0.2) is 22.1 Å². The van der Waals surface area contributed by atoms with Crippen molar-refractivity contribution in [2.24, 2.45) is 9.98 Å². The summed E-state index contributed by atoms with van der Waals surface area (Å²) in [6.45, 7) is 0. The van der Waals surface area contributed by atoms with Crippen molar-refractivity contribution >= 4 is 24.5 Å². The van der Waals surface area contributed by atoms with Crippen LogP contribution >= 0.6 is 0 Å². The van der Waals surface area contributed by atoms with Gasteiger partial charge >= 0.3 is 12.1 Å². The number of rotatable bonds is 2. The van der Waals surface area contributed by atoms with Gasteiger partial charge in [-0.2, -0.15) is 9.98 Å². The standard InChI is InChI=1S/C12H17N5O2/c1-16(2)11(18)13-7-9-5-6-10(15-9)8-14-12(19)17(3)4/h5-8,15H,1-4H3/b13-7+,14-8+. The van der Waals surface area contributed by atoms with Crippen molar-refractivity contribution in [3.8, 4) is 0 Å². The van der Waals surface area contributed by atoms with Gasteiger partial charge in [-0.15, -0.1) is 0 Å². The fraction of sp³-hybridized carbons (Fsp3) is 0.333. The Morgan fingerprint density at radius 2 is 1.32 bits per heavy atom. The molecule has 0 aliphatic rings. The highest BCUT2D eigenvalue weighted by Gasteiger charge is 2.01. The molecular formula is C12H17N5O2. The number of amides is 4. The molecule has 0 spiro atoms. The second-order valence-corrected chi connectivity index (χ2v) is 4.24. The van der Waals surface area contributed by atoms with Gasteiger partial charge in [-0.1, -0.05) is 0 Å². The van der Waals surface area contributed by atoms with Crippen LogP contribution in [0.4, 0.5) is 9.59 Å². The minimum absolute atomic E-state index is 0.340. The number of aliphatic imine (C=N–C) groups is 2. The molecule has 0 saturated carbocycles. The summed E-state index contributed by atoms with van der Waals surface area (Å²) < 4.78 is 0. The van der Waals surface area contributed by atoms with Gasteiger partial charge in [-0.3, -0.25) is 0 Å². The van der Waals surface area contributed by atoms with Crippen molar-refractivity contribution in [3.05, 3.63) is 23.5 Å². The zero-order valence-corrected chi connectivity index (χ0v) is 11.4. The molecule has 7 heteroatoms. The van der Waals surface area contributed by atoms with Crippen LogP contribution < -0.4 is 0 Å². The second-order valence-electron chi connectivity index (χ2n) is 4.24. The number of aromatic nitrogens is 1. The molecule has 0 atom stereocenters. The number of hydrogen-bond acceptors (Lipinski definition) is 2. The van der Waals surface area contributed by atoms with Crippen LogP contribution in [0.25, 0.3) is 0 Å². The van der Waals surface area contributed by atoms with Gasteiger partial charge < -0.3 is 14.8 Å². The monoisotopic (exact) mass is 263 g/mol. The largest absolute Gasteiger partial charge is 0.353 e. The van der Waals surface area contributed by atoms with Crippen molar-refractivity contribution in [1.82, 2.24) is 14.8 Å². The van der Waals surface area contributed by atoms with Crippen LogP contribution in [-0.2, 0) is 0 Å². The van der Waals surface area contributed by atoms with Crippen molar-refractivity contribution in [2.75, 3.05) is 28.2 Å².